The highest BCUT2D eigenvalue weighted by Crippen LogP contribution is 2.31. The van der Waals surface area contributed by atoms with Crippen LogP contribution in [0.25, 0.3) is 0 Å². The standard InChI is InChI=1S/C12H7BrFN3O2/c1-6-2-8(14)10(13)9(12(18)19)11(6)17-5-7(3-15)4-16/h2,5,17H,1H3,(H,18,19). The highest BCUT2D eigenvalue weighted by Gasteiger charge is 2.20. The molecule has 0 spiro atoms. The average Bonchev–Trinajstić information content (AvgIpc) is 2.35. The lowest BCUT2D eigenvalue weighted by molar-refractivity contribution is 0.0696. The molecule has 0 saturated heterocycles. The van der Waals surface area contributed by atoms with Gasteiger partial charge >= 0.3 is 5.97 Å². The van der Waals surface area contributed by atoms with Gasteiger partial charge in [0.2, 0.25) is 0 Å². The number of nitrogens with zero attached hydrogens (tertiary/aromatic N) is 2. The summed E-state index contributed by atoms with van der Waals surface area (Å²) in [6, 6.07) is 4.38. The van der Waals surface area contributed by atoms with Gasteiger partial charge in [0.15, 0.2) is 0 Å². The zero-order valence-corrected chi connectivity index (χ0v) is 11.2. The lowest BCUT2D eigenvalue weighted by Crippen LogP contribution is -2.07. The van der Waals surface area contributed by atoms with Crippen molar-refractivity contribution in [3.8, 4) is 12.1 Å². The zero-order valence-electron chi connectivity index (χ0n) is 9.66. The second-order valence-corrected chi connectivity index (χ2v) is 4.26. The molecule has 96 valence electrons. The number of halogens is 2. The molecule has 0 fully saturated rings. The molecule has 0 heterocycles. The maximum atomic E-state index is 13.5. The van der Waals surface area contributed by atoms with Crippen LogP contribution in [0.1, 0.15) is 15.9 Å². The number of allylic oxidation sites excluding steroid dienone is 1. The van der Waals surface area contributed by atoms with Gasteiger partial charge in [0.25, 0.3) is 0 Å². The van der Waals surface area contributed by atoms with Crippen LogP contribution >= 0.6 is 15.9 Å². The molecule has 0 aromatic heterocycles. The second-order valence-electron chi connectivity index (χ2n) is 3.47. The monoisotopic (exact) mass is 323 g/mol. The Hall–Kier alpha value is -2.38. The largest absolute Gasteiger partial charge is 0.478 e. The zero-order chi connectivity index (χ0) is 14.6. The fourth-order valence-electron chi connectivity index (χ4n) is 1.37. The van der Waals surface area contributed by atoms with E-state index < -0.39 is 11.8 Å². The lowest BCUT2D eigenvalue weighted by Gasteiger charge is -2.12. The maximum absolute atomic E-state index is 13.5. The Morgan fingerprint density at radius 3 is 2.58 bits per heavy atom. The van der Waals surface area contributed by atoms with E-state index in [0.29, 0.717) is 5.56 Å². The van der Waals surface area contributed by atoms with Crippen molar-refractivity contribution in [2.75, 3.05) is 5.32 Å². The van der Waals surface area contributed by atoms with Crippen molar-refractivity contribution in [1.29, 1.82) is 10.5 Å². The predicted molar refractivity (Wildman–Crippen MR) is 68.7 cm³/mol. The SMILES string of the molecule is Cc1cc(F)c(Br)c(C(=O)O)c1NC=C(C#N)C#N. The minimum absolute atomic E-state index is 0.115. The molecular formula is C12H7BrFN3O2. The van der Waals surface area contributed by atoms with E-state index in [4.69, 9.17) is 15.6 Å². The van der Waals surface area contributed by atoms with Crippen molar-refractivity contribution in [2.24, 2.45) is 0 Å². The normalized spacial score (nSPS) is 9.11. The number of nitriles is 2. The van der Waals surface area contributed by atoms with Crippen molar-refractivity contribution in [3.05, 3.63) is 39.3 Å². The molecule has 7 heteroatoms. The summed E-state index contributed by atoms with van der Waals surface area (Å²) < 4.78 is 13.3. The number of nitrogens with one attached hydrogen (secondary N) is 1. The summed E-state index contributed by atoms with van der Waals surface area (Å²) in [6.07, 6.45) is 1.07. The van der Waals surface area contributed by atoms with Crippen LogP contribution in [-0.2, 0) is 0 Å². The first kappa shape index (κ1) is 14.7. The van der Waals surface area contributed by atoms with Crippen molar-refractivity contribution in [1.82, 2.24) is 0 Å². The van der Waals surface area contributed by atoms with Gasteiger partial charge in [0.05, 0.1) is 10.2 Å². The highest BCUT2D eigenvalue weighted by molar-refractivity contribution is 9.10. The topological polar surface area (TPSA) is 96.9 Å². The molecule has 0 radical (unpaired) electrons. The van der Waals surface area contributed by atoms with Crippen molar-refractivity contribution in [2.45, 2.75) is 6.92 Å². The average molecular weight is 324 g/mol. The van der Waals surface area contributed by atoms with Gasteiger partial charge in [-0.3, -0.25) is 0 Å². The smallest absolute Gasteiger partial charge is 0.339 e. The Morgan fingerprint density at radius 1 is 1.53 bits per heavy atom. The van der Waals surface area contributed by atoms with E-state index in [-0.39, 0.29) is 21.3 Å². The first-order valence-electron chi connectivity index (χ1n) is 4.91. The molecule has 0 aliphatic rings. The summed E-state index contributed by atoms with van der Waals surface area (Å²) in [6.45, 7) is 1.51. The summed E-state index contributed by atoms with van der Waals surface area (Å²) in [5, 5.41) is 28.8. The fraction of sp³-hybridized carbons (Fsp3) is 0.0833. The molecular weight excluding hydrogens is 317 g/mol. The minimum Gasteiger partial charge on any atom is -0.478 e. The van der Waals surface area contributed by atoms with Crippen LogP contribution in [0.3, 0.4) is 0 Å². The van der Waals surface area contributed by atoms with Gasteiger partial charge in [0.1, 0.15) is 29.1 Å². The molecule has 1 rings (SSSR count). The Bertz CT molecular complexity index is 640. The van der Waals surface area contributed by atoms with E-state index in [2.05, 4.69) is 21.2 Å². The molecule has 5 nitrogen and oxygen atoms in total. The molecule has 0 aliphatic heterocycles. The number of hydrogen-bond acceptors (Lipinski definition) is 4. The quantitative estimate of drug-likeness (QED) is 0.833. The van der Waals surface area contributed by atoms with Gasteiger partial charge in [-0.2, -0.15) is 10.5 Å². The number of rotatable bonds is 3. The predicted octanol–water partition coefficient (Wildman–Crippen LogP) is 2.94. The molecule has 2 N–H and O–H groups in total. The number of anilines is 1. The molecule has 1 aromatic rings. The third-order valence-corrected chi connectivity index (χ3v) is 3.01. The van der Waals surface area contributed by atoms with E-state index in [1.165, 1.54) is 6.92 Å². The summed E-state index contributed by atoms with van der Waals surface area (Å²) in [4.78, 5) is 11.1. The van der Waals surface area contributed by atoms with Gasteiger partial charge in [-0.05, 0) is 34.5 Å². The van der Waals surface area contributed by atoms with Gasteiger partial charge < -0.3 is 10.4 Å². The molecule has 0 amide bonds. The van der Waals surface area contributed by atoms with Gasteiger partial charge in [-0.1, -0.05) is 0 Å². The fourth-order valence-corrected chi connectivity index (χ4v) is 1.85. The Labute approximate surface area is 116 Å². The molecule has 0 unspecified atom stereocenters. The highest BCUT2D eigenvalue weighted by atomic mass is 79.9. The Kier molecular flexibility index (Phi) is 4.62. The van der Waals surface area contributed by atoms with Crippen LogP contribution in [0.15, 0.2) is 22.3 Å². The third kappa shape index (κ3) is 3.09. The van der Waals surface area contributed by atoms with E-state index in [0.717, 1.165) is 12.3 Å². The minimum atomic E-state index is -1.33. The van der Waals surface area contributed by atoms with Gasteiger partial charge in [-0.15, -0.1) is 0 Å². The van der Waals surface area contributed by atoms with Gasteiger partial charge in [-0.25, -0.2) is 9.18 Å². The van der Waals surface area contributed by atoms with Crippen LogP contribution in [0.2, 0.25) is 0 Å². The van der Waals surface area contributed by atoms with Crippen molar-refractivity contribution < 1.29 is 14.3 Å². The first-order valence-corrected chi connectivity index (χ1v) is 5.70. The molecule has 0 saturated carbocycles. The number of aryl methyl sites for hydroxylation is 1. The maximum Gasteiger partial charge on any atom is 0.339 e. The van der Waals surface area contributed by atoms with Gasteiger partial charge in [0, 0.05) is 6.20 Å². The number of benzene rings is 1. The van der Waals surface area contributed by atoms with Crippen molar-refractivity contribution in [3.63, 3.8) is 0 Å². The van der Waals surface area contributed by atoms with Crippen LogP contribution in [0.5, 0.6) is 0 Å². The van der Waals surface area contributed by atoms with E-state index in [1.807, 2.05) is 0 Å². The molecule has 0 atom stereocenters. The molecule has 19 heavy (non-hydrogen) atoms. The number of carboxylic acids is 1. The molecule has 0 aliphatic carbocycles. The summed E-state index contributed by atoms with van der Waals surface area (Å²) in [5.74, 6) is -2.04. The second kappa shape index (κ2) is 5.98. The van der Waals surface area contributed by atoms with E-state index >= 15 is 0 Å². The van der Waals surface area contributed by atoms with E-state index in [1.54, 1.807) is 12.1 Å². The Morgan fingerprint density at radius 2 is 2.11 bits per heavy atom. The molecule has 1 aromatic carbocycles. The van der Waals surface area contributed by atoms with Crippen LogP contribution in [0.4, 0.5) is 10.1 Å². The number of aromatic carboxylic acids is 1. The van der Waals surface area contributed by atoms with Crippen LogP contribution in [0, 0.1) is 35.4 Å². The Balaban J connectivity index is 3.41. The first-order chi connectivity index (χ1) is 8.92. The number of carbonyl (C=O) groups is 1. The van der Waals surface area contributed by atoms with E-state index in [9.17, 15) is 9.18 Å². The van der Waals surface area contributed by atoms with Crippen LogP contribution in [-0.4, -0.2) is 11.1 Å². The van der Waals surface area contributed by atoms with Crippen molar-refractivity contribution >= 4 is 27.6 Å². The third-order valence-electron chi connectivity index (χ3n) is 2.23. The molecule has 0 bridgehead atoms. The lowest BCUT2D eigenvalue weighted by atomic mass is 10.1. The summed E-state index contributed by atoms with van der Waals surface area (Å²) in [7, 11) is 0. The number of carboxylic acid groups (broad SMARTS) is 1. The van der Waals surface area contributed by atoms with Crippen LogP contribution < -0.4 is 5.32 Å². The summed E-state index contributed by atoms with van der Waals surface area (Å²) in [5.41, 5.74) is -0.0754. The number of hydrogen-bond donors (Lipinski definition) is 2. The summed E-state index contributed by atoms with van der Waals surface area (Å²) >= 11 is 2.86.